The summed E-state index contributed by atoms with van der Waals surface area (Å²) in [5.41, 5.74) is 14.1. The Morgan fingerprint density at radius 3 is 2.55 bits per heavy atom. The van der Waals surface area contributed by atoms with E-state index in [1.54, 1.807) is 7.11 Å². The van der Waals surface area contributed by atoms with Crippen molar-refractivity contribution in [1.82, 2.24) is 0 Å². The van der Waals surface area contributed by atoms with Crippen LogP contribution < -0.4 is 16.2 Å². The predicted octanol–water partition coefficient (Wildman–Crippen LogP) is 4.03. The largest absolute Gasteiger partial charge is 0.495 e. The van der Waals surface area contributed by atoms with E-state index in [-0.39, 0.29) is 5.92 Å². The maximum Gasteiger partial charge on any atom is 0.137 e. The Morgan fingerprint density at radius 1 is 1.27 bits per heavy atom. The van der Waals surface area contributed by atoms with Gasteiger partial charge in [0, 0.05) is 22.5 Å². The Balaban J connectivity index is 2.44. The van der Waals surface area contributed by atoms with E-state index in [4.69, 9.17) is 27.8 Å². The first-order valence-electron chi connectivity index (χ1n) is 6.98. The Bertz CT molecular complexity index is 661. The van der Waals surface area contributed by atoms with Crippen LogP contribution in [0.4, 0.5) is 0 Å². The molecule has 4 N–H and O–H groups in total. The summed E-state index contributed by atoms with van der Waals surface area (Å²) in [5, 5.41) is 0.559. The minimum absolute atomic E-state index is 0.0646. The molecule has 0 amide bonds. The van der Waals surface area contributed by atoms with Gasteiger partial charge < -0.3 is 16.2 Å². The van der Waals surface area contributed by atoms with E-state index < -0.39 is 5.54 Å². The van der Waals surface area contributed by atoms with Gasteiger partial charge in [0.2, 0.25) is 0 Å². The summed E-state index contributed by atoms with van der Waals surface area (Å²) in [6, 6.07) is 13.7. The van der Waals surface area contributed by atoms with Gasteiger partial charge in [0.05, 0.1) is 12.1 Å². The van der Waals surface area contributed by atoms with Crippen LogP contribution in [0.5, 0.6) is 5.75 Å². The molecule has 0 aliphatic carbocycles. The van der Waals surface area contributed by atoms with E-state index in [2.05, 4.69) is 15.9 Å². The van der Waals surface area contributed by atoms with Crippen molar-refractivity contribution in [2.45, 2.75) is 18.4 Å². The molecule has 5 heteroatoms. The summed E-state index contributed by atoms with van der Waals surface area (Å²) in [6.45, 7) is 2.41. The number of benzene rings is 2. The van der Waals surface area contributed by atoms with Crippen molar-refractivity contribution < 1.29 is 4.74 Å². The summed E-state index contributed by atoms with van der Waals surface area (Å²) in [7, 11) is 1.59. The van der Waals surface area contributed by atoms with E-state index in [0.717, 1.165) is 15.6 Å². The fourth-order valence-corrected chi connectivity index (χ4v) is 3.32. The molecule has 0 saturated heterocycles. The van der Waals surface area contributed by atoms with Crippen molar-refractivity contribution in [1.29, 1.82) is 0 Å². The highest BCUT2D eigenvalue weighted by Crippen LogP contribution is 2.37. The zero-order valence-corrected chi connectivity index (χ0v) is 15.0. The number of hydrogen-bond donors (Lipinski definition) is 2. The molecule has 2 unspecified atom stereocenters. The SMILES string of the molecule is COc1ccc(C(CN)C(C)(N)c2cccc(Br)c2)cc1Cl. The van der Waals surface area contributed by atoms with E-state index in [1.807, 2.05) is 49.4 Å². The highest BCUT2D eigenvalue weighted by molar-refractivity contribution is 9.10. The molecule has 2 rings (SSSR count). The highest BCUT2D eigenvalue weighted by Gasteiger charge is 2.32. The third-order valence-electron chi connectivity index (χ3n) is 3.98. The first-order chi connectivity index (χ1) is 10.4. The Kier molecular flexibility index (Phi) is 5.50. The molecule has 0 radical (unpaired) electrons. The number of methoxy groups -OCH3 is 1. The maximum atomic E-state index is 6.64. The van der Waals surface area contributed by atoms with Crippen LogP contribution in [0, 0.1) is 0 Å². The van der Waals surface area contributed by atoms with Crippen molar-refractivity contribution in [2.75, 3.05) is 13.7 Å². The summed E-state index contributed by atoms with van der Waals surface area (Å²) >= 11 is 9.73. The van der Waals surface area contributed by atoms with Crippen LogP contribution in [0.3, 0.4) is 0 Å². The first kappa shape index (κ1) is 17.3. The molecule has 0 aliphatic heterocycles. The molecule has 2 aromatic carbocycles. The summed E-state index contributed by atoms with van der Waals surface area (Å²) < 4.78 is 6.19. The summed E-state index contributed by atoms with van der Waals surface area (Å²) in [5.74, 6) is 0.576. The van der Waals surface area contributed by atoms with Crippen molar-refractivity contribution in [3.05, 3.63) is 63.1 Å². The van der Waals surface area contributed by atoms with E-state index >= 15 is 0 Å². The van der Waals surface area contributed by atoms with Gasteiger partial charge in [0.1, 0.15) is 5.75 Å². The smallest absolute Gasteiger partial charge is 0.137 e. The van der Waals surface area contributed by atoms with Gasteiger partial charge in [-0.1, -0.05) is 45.7 Å². The fourth-order valence-electron chi connectivity index (χ4n) is 2.65. The number of halogens is 2. The van der Waals surface area contributed by atoms with Gasteiger partial charge in [-0.2, -0.15) is 0 Å². The summed E-state index contributed by atoms with van der Waals surface area (Å²) in [4.78, 5) is 0. The number of ether oxygens (including phenoxy) is 1. The third-order valence-corrected chi connectivity index (χ3v) is 4.77. The molecule has 2 atom stereocenters. The summed E-state index contributed by atoms with van der Waals surface area (Å²) in [6.07, 6.45) is 0. The average molecular weight is 384 g/mol. The number of rotatable bonds is 5. The van der Waals surface area contributed by atoms with Crippen molar-refractivity contribution in [3.63, 3.8) is 0 Å². The molecule has 3 nitrogen and oxygen atoms in total. The number of nitrogens with two attached hydrogens (primary N) is 2. The van der Waals surface area contributed by atoms with Crippen LogP contribution in [-0.2, 0) is 5.54 Å². The monoisotopic (exact) mass is 382 g/mol. The molecule has 0 spiro atoms. The standard InChI is InChI=1S/C17H20BrClN2O/c1-17(21,12-4-3-5-13(18)9-12)14(10-20)11-6-7-16(22-2)15(19)8-11/h3-9,14H,10,20-21H2,1-2H3. The van der Waals surface area contributed by atoms with Gasteiger partial charge >= 0.3 is 0 Å². The molecule has 22 heavy (non-hydrogen) atoms. The molecule has 0 bridgehead atoms. The second kappa shape index (κ2) is 7.01. The minimum atomic E-state index is -0.615. The van der Waals surface area contributed by atoms with Crippen LogP contribution in [0.25, 0.3) is 0 Å². The second-order valence-electron chi connectivity index (χ2n) is 5.48. The lowest BCUT2D eigenvalue weighted by Crippen LogP contribution is -2.43. The molecule has 0 fully saturated rings. The van der Waals surface area contributed by atoms with E-state index in [9.17, 15) is 0 Å². The fraction of sp³-hybridized carbons (Fsp3) is 0.294. The normalized spacial score (nSPS) is 15.2. The maximum absolute atomic E-state index is 6.64. The molecule has 0 aromatic heterocycles. The van der Waals surface area contributed by atoms with Gasteiger partial charge in [0.25, 0.3) is 0 Å². The van der Waals surface area contributed by atoms with Crippen molar-refractivity contribution >= 4 is 27.5 Å². The topological polar surface area (TPSA) is 61.3 Å². The third kappa shape index (κ3) is 3.46. The van der Waals surface area contributed by atoms with Crippen molar-refractivity contribution in [3.8, 4) is 5.75 Å². The lowest BCUT2D eigenvalue weighted by atomic mass is 9.76. The molecule has 2 aromatic rings. The lowest BCUT2D eigenvalue weighted by Gasteiger charge is -2.34. The predicted molar refractivity (Wildman–Crippen MR) is 95.5 cm³/mol. The molecular formula is C17H20BrClN2O. The van der Waals surface area contributed by atoms with E-state index in [1.165, 1.54) is 0 Å². The van der Waals surface area contributed by atoms with E-state index in [0.29, 0.717) is 17.3 Å². The van der Waals surface area contributed by atoms with Crippen LogP contribution in [0.2, 0.25) is 5.02 Å². The molecule has 0 aliphatic rings. The van der Waals surface area contributed by atoms with Gasteiger partial charge in [-0.15, -0.1) is 0 Å². The highest BCUT2D eigenvalue weighted by atomic mass is 79.9. The molecule has 118 valence electrons. The Morgan fingerprint density at radius 2 is 2.00 bits per heavy atom. The van der Waals surface area contributed by atoms with Crippen LogP contribution >= 0.6 is 27.5 Å². The van der Waals surface area contributed by atoms with Crippen LogP contribution in [-0.4, -0.2) is 13.7 Å². The quantitative estimate of drug-likeness (QED) is 0.819. The zero-order chi connectivity index (χ0) is 16.3. The van der Waals surface area contributed by atoms with Crippen LogP contribution in [0.1, 0.15) is 24.0 Å². The zero-order valence-electron chi connectivity index (χ0n) is 12.6. The minimum Gasteiger partial charge on any atom is -0.495 e. The van der Waals surface area contributed by atoms with Crippen LogP contribution in [0.15, 0.2) is 46.9 Å². The molecule has 0 heterocycles. The number of hydrogen-bond acceptors (Lipinski definition) is 3. The molecule has 0 saturated carbocycles. The Labute approximate surface area is 144 Å². The second-order valence-corrected chi connectivity index (χ2v) is 6.80. The average Bonchev–Trinajstić information content (AvgIpc) is 2.48. The van der Waals surface area contributed by atoms with Gasteiger partial charge in [-0.05, 0) is 42.3 Å². The lowest BCUT2D eigenvalue weighted by molar-refractivity contribution is 0.391. The molecular weight excluding hydrogens is 364 g/mol. The van der Waals surface area contributed by atoms with Crippen molar-refractivity contribution in [2.24, 2.45) is 11.5 Å². The van der Waals surface area contributed by atoms with Gasteiger partial charge in [-0.3, -0.25) is 0 Å². The van der Waals surface area contributed by atoms with Gasteiger partial charge in [0.15, 0.2) is 0 Å². The Hall–Kier alpha value is -1.07. The first-order valence-corrected chi connectivity index (χ1v) is 8.15. The van der Waals surface area contributed by atoms with Gasteiger partial charge in [-0.25, -0.2) is 0 Å².